The zero-order chi connectivity index (χ0) is 22.1. The van der Waals surface area contributed by atoms with Crippen molar-refractivity contribution in [3.63, 3.8) is 0 Å². The Labute approximate surface area is 180 Å². The van der Waals surface area contributed by atoms with Crippen LogP contribution < -0.4 is 10.1 Å². The second-order valence-electron chi connectivity index (χ2n) is 6.48. The molecular formula is C21H22BrF4NO3. The zero-order valence-corrected chi connectivity index (χ0v) is 17.9. The molecule has 0 spiro atoms. The van der Waals surface area contributed by atoms with Gasteiger partial charge in [-0.2, -0.15) is 13.2 Å². The van der Waals surface area contributed by atoms with Crippen LogP contribution in [0, 0.1) is 5.82 Å². The van der Waals surface area contributed by atoms with Crippen molar-refractivity contribution in [1.29, 1.82) is 0 Å². The van der Waals surface area contributed by atoms with E-state index < -0.39 is 23.5 Å². The number of rotatable bonds is 10. The second kappa shape index (κ2) is 11.3. The normalized spacial score (nSPS) is 11.4. The number of ether oxygens (including phenoxy) is 2. The maximum absolute atomic E-state index is 13.9. The van der Waals surface area contributed by atoms with Gasteiger partial charge in [-0.25, -0.2) is 4.39 Å². The number of carbonyl (C=O) groups is 1. The van der Waals surface area contributed by atoms with Crippen LogP contribution in [-0.2, 0) is 22.1 Å². The van der Waals surface area contributed by atoms with Gasteiger partial charge in [-0.05, 0) is 42.3 Å². The largest absolute Gasteiger partial charge is 0.491 e. The average molecular weight is 492 g/mol. The summed E-state index contributed by atoms with van der Waals surface area (Å²) >= 11 is 3.12. The summed E-state index contributed by atoms with van der Waals surface area (Å²) in [5, 5.41) is 2.36. The highest BCUT2D eigenvalue weighted by Gasteiger charge is 2.35. The summed E-state index contributed by atoms with van der Waals surface area (Å²) < 4.78 is 65.1. The van der Waals surface area contributed by atoms with Gasteiger partial charge in [0.2, 0.25) is 5.91 Å². The molecule has 0 unspecified atom stereocenters. The molecule has 30 heavy (non-hydrogen) atoms. The fourth-order valence-electron chi connectivity index (χ4n) is 2.56. The molecule has 1 N–H and O–H groups in total. The third kappa shape index (κ3) is 7.60. The lowest BCUT2D eigenvalue weighted by Gasteiger charge is -2.16. The Kier molecular flexibility index (Phi) is 9.10. The number of alkyl halides is 3. The Balaban J connectivity index is 2.03. The van der Waals surface area contributed by atoms with E-state index in [1.54, 1.807) is 6.07 Å². The fraction of sp³-hybridized carbons (Fsp3) is 0.381. The van der Waals surface area contributed by atoms with Gasteiger partial charge in [0.15, 0.2) is 0 Å². The number of nitrogens with one attached hydrogen (secondary N) is 1. The maximum Gasteiger partial charge on any atom is 0.420 e. The topological polar surface area (TPSA) is 47.6 Å². The monoisotopic (exact) mass is 491 g/mol. The third-order valence-corrected chi connectivity index (χ3v) is 4.56. The molecule has 0 aliphatic heterocycles. The van der Waals surface area contributed by atoms with Gasteiger partial charge in [0.05, 0.1) is 18.6 Å². The van der Waals surface area contributed by atoms with Crippen LogP contribution in [0.3, 0.4) is 0 Å². The van der Waals surface area contributed by atoms with Crippen LogP contribution >= 0.6 is 15.9 Å². The molecule has 1 amide bonds. The van der Waals surface area contributed by atoms with Crippen LogP contribution in [0.1, 0.15) is 30.9 Å². The molecule has 0 bridgehead atoms. The zero-order valence-electron chi connectivity index (χ0n) is 16.3. The molecule has 9 heteroatoms. The number of amides is 1. The smallest absolute Gasteiger partial charge is 0.420 e. The van der Waals surface area contributed by atoms with Crippen molar-refractivity contribution in [1.82, 2.24) is 0 Å². The van der Waals surface area contributed by atoms with E-state index in [1.807, 2.05) is 6.92 Å². The van der Waals surface area contributed by atoms with Crippen molar-refractivity contribution in [3.05, 3.63) is 57.8 Å². The Bertz CT molecular complexity index is 859. The summed E-state index contributed by atoms with van der Waals surface area (Å²) in [5.41, 5.74) is -0.935. The van der Waals surface area contributed by atoms with Crippen LogP contribution in [0.5, 0.6) is 5.75 Å². The van der Waals surface area contributed by atoms with Gasteiger partial charge in [0.25, 0.3) is 0 Å². The van der Waals surface area contributed by atoms with E-state index in [1.165, 1.54) is 18.2 Å². The van der Waals surface area contributed by atoms with E-state index in [0.717, 1.165) is 25.0 Å². The predicted molar refractivity (Wildman–Crippen MR) is 109 cm³/mol. The average Bonchev–Trinajstić information content (AvgIpc) is 2.67. The van der Waals surface area contributed by atoms with E-state index >= 15 is 0 Å². The quantitative estimate of drug-likeness (QED) is 0.328. The highest BCUT2D eigenvalue weighted by molar-refractivity contribution is 9.10. The minimum absolute atomic E-state index is 0.0264. The lowest BCUT2D eigenvalue weighted by atomic mass is 10.1. The Morgan fingerprint density at radius 1 is 1.10 bits per heavy atom. The third-order valence-electron chi connectivity index (χ3n) is 4.06. The molecule has 0 fully saturated rings. The van der Waals surface area contributed by atoms with Crippen molar-refractivity contribution < 1.29 is 31.8 Å². The second-order valence-corrected chi connectivity index (χ2v) is 7.40. The van der Waals surface area contributed by atoms with Gasteiger partial charge in [-0.1, -0.05) is 35.3 Å². The van der Waals surface area contributed by atoms with Crippen molar-refractivity contribution in [2.24, 2.45) is 0 Å². The fourth-order valence-corrected chi connectivity index (χ4v) is 2.89. The summed E-state index contributed by atoms with van der Waals surface area (Å²) in [6.45, 7) is 2.68. The lowest BCUT2D eigenvalue weighted by Crippen LogP contribution is -2.17. The van der Waals surface area contributed by atoms with Crippen LogP contribution in [0.2, 0.25) is 0 Å². The number of halogens is 5. The number of carbonyl (C=O) groups excluding carboxylic acids is 1. The molecule has 0 aromatic heterocycles. The Morgan fingerprint density at radius 3 is 2.53 bits per heavy atom. The van der Waals surface area contributed by atoms with Gasteiger partial charge in [0, 0.05) is 16.8 Å². The highest BCUT2D eigenvalue weighted by Crippen LogP contribution is 2.38. The highest BCUT2D eigenvalue weighted by atomic mass is 79.9. The van der Waals surface area contributed by atoms with Crippen molar-refractivity contribution in [2.75, 3.05) is 25.1 Å². The van der Waals surface area contributed by atoms with Crippen LogP contribution in [0.4, 0.5) is 23.2 Å². The summed E-state index contributed by atoms with van der Waals surface area (Å²) in [7, 11) is 0. The summed E-state index contributed by atoms with van der Waals surface area (Å²) in [5.74, 6) is -1.57. The van der Waals surface area contributed by atoms with Gasteiger partial charge in [-0.3, -0.25) is 4.79 Å². The van der Waals surface area contributed by atoms with E-state index in [0.29, 0.717) is 11.1 Å². The first-order chi connectivity index (χ1) is 14.2. The summed E-state index contributed by atoms with van der Waals surface area (Å²) in [6.07, 6.45) is -3.15. The number of hydrogen-bond acceptors (Lipinski definition) is 3. The minimum atomic E-state index is -4.67. The number of unbranched alkanes of at least 4 members (excludes halogenated alkanes) is 1. The van der Waals surface area contributed by atoms with E-state index in [9.17, 15) is 22.4 Å². The van der Waals surface area contributed by atoms with Gasteiger partial charge >= 0.3 is 6.18 Å². The van der Waals surface area contributed by atoms with Crippen molar-refractivity contribution >= 4 is 27.5 Å². The molecule has 4 nitrogen and oxygen atoms in total. The first-order valence-electron chi connectivity index (χ1n) is 9.36. The predicted octanol–water partition coefficient (Wildman–Crippen LogP) is 5.98. The molecule has 0 saturated heterocycles. The molecule has 0 heterocycles. The standard InChI is InChI=1S/C21H22BrF4NO3/c1-2-3-8-29-9-10-30-19-7-6-16(13-17(19)21(24,25)26)27-20(28)11-14-4-5-15(22)12-18(14)23/h4-7,12-13H,2-3,8-11H2,1H3,(H,27,28). The van der Waals surface area contributed by atoms with E-state index in [2.05, 4.69) is 21.2 Å². The van der Waals surface area contributed by atoms with Gasteiger partial charge < -0.3 is 14.8 Å². The van der Waals surface area contributed by atoms with Crippen LogP contribution in [0.25, 0.3) is 0 Å². The molecule has 0 aliphatic carbocycles. The molecule has 2 aromatic rings. The summed E-state index contributed by atoms with van der Waals surface area (Å²) in [4.78, 5) is 12.1. The van der Waals surface area contributed by atoms with Gasteiger partial charge in [0.1, 0.15) is 18.2 Å². The number of anilines is 1. The Hall–Kier alpha value is -2.13. The van der Waals surface area contributed by atoms with Crippen LogP contribution in [-0.4, -0.2) is 25.7 Å². The first-order valence-corrected chi connectivity index (χ1v) is 10.2. The molecule has 2 rings (SSSR count). The molecule has 0 saturated carbocycles. The maximum atomic E-state index is 13.9. The molecule has 164 valence electrons. The molecule has 0 aliphatic rings. The molecule has 0 radical (unpaired) electrons. The first kappa shape index (κ1) is 24.1. The van der Waals surface area contributed by atoms with E-state index in [4.69, 9.17) is 9.47 Å². The SMILES string of the molecule is CCCCOCCOc1ccc(NC(=O)Cc2ccc(Br)cc2F)cc1C(F)(F)F. The van der Waals surface area contributed by atoms with Crippen molar-refractivity contribution in [3.8, 4) is 5.75 Å². The minimum Gasteiger partial charge on any atom is -0.491 e. The number of benzene rings is 2. The van der Waals surface area contributed by atoms with E-state index in [-0.39, 0.29) is 36.6 Å². The Morgan fingerprint density at radius 2 is 1.87 bits per heavy atom. The van der Waals surface area contributed by atoms with Crippen LogP contribution in [0.15, 0.2) is 40.9 Å². The van der Waals surface area contributed by atoms with Gasteiger partial charge in [-0.15, -0.1) is 0 Å². The molecule has 2 aromatic carbocycles. The number of hydrogen-bond donors (Lipinski definition) is 1. The van der Waals surface area contributed by atoms with Crippen molar-refractivity contribution in [2.45, 2.75) is 32.4 Å². The summed E-state index contributed by atoms with van der Waals surface area (Å²) in [6, 6.07) is 7.46. The lowest BCUT2D eigenvalue weighted by molar-refractivity contribution is -0.139. The molecule has 0 atom stereocenters. The molecular weight excluding hydrogens is 470 g/mol.